The highest BCUT2D eigenvalue weighted by molar-refractivity contribution is 6.10. The van der Waals surface area contributed by atoms with E-state index in [-0.39, 0.29) is 35.2 Å². The van der Waals surface area contributed by atoms with E-state index < -0.39 is 59.9 Å². The fourth-order valence-corrected chi connectivity index (χ4v) is 5.16. The summed E-state index contributed by atoms with van der Waals surface area (Å²) in [5, 5.41) is 5.70. The molecule has 4 rings (SSSR count). The number of fused-ring (bicyclic) bond motifs is 3. The van der Waals surface area contributed by atoms with Gasteiger partial charge in [0.25, 0.3) is 5.91 Å². The minimum absolute atomic E-state index is 0.0300. The minimum atomic E-state index is -5.08. The molecular weight excluding hydrogens is 525 g/mol. The molecule has 1 N–H and O–H groups in total. The summed E-state index contributed by atoms with van der Waals surface area (Å²) >= 11 is 0. The summed E-state index contributed by atoms with van der Waals surface area (Å²) in [5.74, 6) is -1.94. The zero-order valence-electron chi connectivity index (χ0n) is 20.2. The van der Waals surface area contributed by atoms with Crippen molar-refractivity contribution in [1.82, 2.24) is 0 Å². The van der Waals surface area contributed by atoms with E-state index in [1.807, 2.05) is 12.2 Å². The van der Waals surface area contributed by atoms with Gasteiger partial charge in [-0.15, -0.1) is 0 Å². The Hall–Kier alpha value is -3.38. The Bertz CT molecular complexity index is 1200. The van der Waals surface area contributed by atoms with Gasteiger partial charge in [-0.1, -0.05) is 25.1 Å². The maximum Gasteiger partial charge on any atom is 0.416 e. The second-order valence-electron chi connectivity index (χ2n) is 9.72. The van der Waals surface area contributed by atoms with Gasteiger partial charge in [-0.05, 0) is 42.7 Å². The van der Waals surface area contributed by atoms with Crippen LogP contribution in [0.2, 0.25) is 0 Å². The number of carbonyl (C=O) groups excluding carboxylic acids is 2. The van der Waals surface area contributed by atoms with Gasteiger partial charge in [0.05, 0.1) is 17.0 Å². The van der Waals surface area contributed by atoms with Crippen molar-refractivity contribution in [2.45, 2.75) is 45.1 Å². The van der Waals surface area contributed by atoms with Crippen LogP contribution in [0, 0.1) is 17.3 Å². The average molecular weight is 548 g/mol. The zero-order valence-corrected chi connectivity index (χ0v) is 20.2. The molecular formula is C25H23F7N2O4. The Kier molecular flexibility index (Phi) is 7.08. The molecule has 2 aliphatic carbocycles. The Balaban J connectivity index is 1.51. The number of halogens is 7. The van der Waals surface area contributed by atoms with Crippen molar-refractivity contribution in [2.24, 2.45) is 22.4 Å². The first kappa shape index (κ1) is 27.6. The smallest absolute Gasteiger partial charge is 0.416 e. The first-order valence-electron chi connectivity index (χ1n) is 11.6. The van der Waals surface area contributed by atoms with Gasteiger partial charge >= 0.3 is 18.3 Å². The number of hydrogen-bond donors (Lipinski definition) is 1. The Morgan fingerprint density at radius 1 is 1.16 bits per heavy atom. The number of amides is 1. The molecule has 1 aromatic rings. The fraction of sp³-hybridized carbons (Fsp3) is 0.480. The number of ether oxygens (including phenoxy) is 1. The molecule has 1 aromatic carbocycles. The number of nitrogens with one attached hydrogen (secondary N) is 1. The standard InChI is InChI=1S/C25H23F7N2O4/c1-12-16-3-5-23(2)6-4-18(17(10-26)20(23)21(16)38-22(12)36)34-37-11-19(35)33-15-8-13(24(27,28)29)7-14(9-15)25(30,31)32/h4,6-9,12,16,21H,3,5,10-11H2,1-2H3,(H,33,35)/b34-18+/t12?,16-,21-,23-/m0/s1. The maximum absolute atomic E-state index is 14.2. The molecule has 1 heterocycles. The van der Waals surface area contributed by atoms with Crippen LogP contribution in [0.5, 0.6) is 0 Å². The summed E-state index contributed by atoms with van der Waals surface area (Å²) < 4.78 is 98.0. The number of anilines is 1. The quantitative estimate of drug-likeness (QED) is 0.285. The number of oxime groups is 1. The third-order valence-corrected chi connectivity index (χ3v) is 7.15. The van der Waals surface area contributed by atoms with E-state index in [9.17, 15) is 40.3 Å². The predicted molar refractivity (Wildman–Crippen MR) is 120 cm³/mol. The number of carbonyl (C=O) groups is 2. The minimum Gasteiger partial charge on any atom is -0.457 e. The average Bonchev–Trinajstić information content (AvgIpc) is 3.11. The lowest BCUT2D eigenvalue weighted by Gasteiger charge is -2.43. The van der Waals surface area contributed by atoms with Crippen LogP contribution in [0.4, 0.5) is 36.4 Å². The van der Waals surface area contributed by atoms with Gasteiger partial charge in [-0.3, -0.25) is 9.59 Å². The number of nitrogens with zero attached hydrogens (tertiary/aromatic N) is 1. The second-order valence-corrected chi connectivity index (χ2v) is 9.72. The molecule has 1 unspecified atom stereocenters. The molecule has 0 bridgehead atoms. The molecule has 206 valence electrons. The first-order chi connectivity index (χ1) is 17.6. The fourth-order valence-electron chi connectivity index (χ4n) is 5.16. The Labute approximate surface area is 212 Å². The van der Waals surface area contributed by atoms with E-state index in [2.05, 4.69) is 5.16 Å². The van der Waals surface area contributed by atoms with Crippen LogP contribution >= 0.6 is 0 Å². The highest BCUT2D eigenvalue weighted by Crippen LogP contribution is 2.53. The van der Waals surface area contributed by atoms with E-state index in [1.165, 1.54) is 6.08 Å². The summed E-state index contributed by atoms with van der Waals surface area (Å²) in [7, 11) is 0. The molecule has 6 nitrogen and oxygen atoms in total. The van der Waals surface area contributed by atoms with Crippen molar-refractivity contribution in [2.75, 3.05) is 18.6 Å². The molecule has 2 fully saturated rings. The molecule has 1 aliphatic heterocycles. The summed E-state index contributed by atoms with van der Waals surface area (Å²) in [5.41, 5.74) is -3.77. The molecule has 1 saturated heterocycles. The van der Waals surface area contributed by atoms with Crippen molar-refractivity contribution in [1.29, 1.82) is 0 Å². The molecule has 1 amide bonds. The monoisotopic (exact) mass is 548 g/mol. The predicted octanol–water partition coefficient (Wildman–Crippen LogP) is 5.85. The molecule has 0 spiro atoms. The first-order valence-corrected chi connectivity index (χ1v) is 11.6. The van der Waals surface area contributed by atoms with Gasteiger partial charge < -0.3 is 14.9 Å². The zero-order chi connectivity index (χ0) is 28.0. The summed E-state index contributed by atoms with van der Waals surface area (Å²) in [6, 6.07) is 0.656. The highest BCUT2D eigenvalue weighted by atomic mass is 19.4. The second kappa shape index (κ2) is 9.73. The molecule has 1 saturated carbocycles. The number of rotatable bonds is 5. The van der Waals surface area contributed by atoms with Gasteiger partial charge in [-0.25, -0.2) is 4.39 Å². The van der Waals surface area contributed by atoms with Crippen LogP contribution in [0.15, 0.2) is 46.7 Å². The van der Waals surface area contributed by atoms with E-state index >= 15 is 0 Å². The van der Waals surface area contributed by atoms with Crippen molar-refractivity contribution in [3.8, 4) is 0 Å². The SMILES string of the molecule is CC1C(=O)O[C@@H]2C3=C(CF)/C(=N/OCC(=O)Nc4cc(C(F)(F)F)cc(C(F)(F)F)c4)C=C[C@]3(C)CC[C@@H]12. The van der Waals surface area contributed by atoms with Gasteiger partial charge in [0.2, 0.25) is 0 Å². The van der Waals surface area contributed by atoms with Gasteiger partial charge in [0.1, 0.15) is 18.5 Å². The van der Waals surface area contributed by atoms with Crippen molar-refractivity contribution < 1.29 is 49.9 Å². The largest absolute Gasteiger partial charge is 0.457 e. The molecule has 0 radical (unpaired) electrons. The van der Waals surface area contributed by atoms with Crippen LogP contribution in [-0.4, -0.2) is 37.0 Å². The topological polar surface area (TPSA) is 77.0 Å². The summed E-state index contributed by atoms with van der Waals surface area (Å²) in [4.78, 5) is 29.3. The Morgan fingerprint density at radius 2 is 1.79 bits per heavy atom. The molecule has 13 heteroatoms. The van der Waals surface area contributed by atoms with Crippen LogP contribution in [0.1, 0.15) is 37.8 Å². The summed E-state index contributed by atoms with van der Waals surface area (Å²) in [6.07, 6.45) is -6.16. The third-order valence-electron chi connectivity index (χ3n) is 7.15. The number of benzene rings is 1. The van der Waals surface area contributed by atoms with E-state index in [1.54, 1.807) is 13.0 Å². The van der Waals surface area contributed by atoms with Crippen LogP contribution in [-0.2, 0) is 31.5 Å². The highest BCUT2D eigenvalue weighted by Gasteiger charge is 2.53. The van der Waals surface area contributed by atoms with Crippen LogP contribution in [0.3, 0.4) is 0 Å². The van der Waals surface area contributed by atoms with Crippen molar-refractivity contribution in [3.05, 3.63) is 52.6 Å². The maximum atomic E-state index is 14.2. The van der Waals surface area contributed by atoms with E-state index in [0.717, 1.165) is 0 Å². The Morgan fingerprint density at radius 3 is 2.37 bits per heavy atom. The van der Waals surface area contributed by atoms with Crippen molar-refractivity contribution >= 4 is 23.3 Å². The molecule has 3 aliphatic rings. The van der Waals surface area contributed by atoms with Gasteiger partial charge in [0.15, 0.2) is 6.61 Å². The van der Waals surface area contributed by atoms with Crippen molar-refractivity contribution in [3.63, 3.8) is 0 Å². The number of alkyl halides is 7. The number of allylic oxidation sites excluding steroid dienone is 3. The molecule has 0 aromatic heterocycles. The summed E-state index contributed by atoms with van der Waals surface area (Å²) in [6.45, 7) is 1.79. The molecule has 4 atom stereocenters. The van der Waals surface area contributed by atoms with Gasteiger partial charge in [-0.2, -0.15) is 26.3 Å². The lowest BCUT2D eigenvalue weighted by molar-refractivity contribution is -0.144. The lowest BCUT2D eigenvalue weighted by atomic mass is 9.61. The normalized spacial score (nSPS) is 28.2. The number of esters is 1. The van der Waals surface area contributed by atoms with E-state index in [0.29, 0.717) is 30.5 Å². The lowest BCUT2D eigenvalue weighted by Crippen LogP contribution is -2.40. The van der Waals surface area contributed by atoms with Crippen LogP contribution in [0.25, 0.3) is 0 Å². The van der Waals surface area contributed by atoms with Crippen LogP contribution < -0.4 is 5.32 Å². The number of hydrogen-bond acceptors (Lipinski definition) is 5. The molecule has 38 heavy (non-hydrogen) atoms. The van der Waals surface area contributed by atoms with E-state index in [4.69, 9.17) is 9.57 Å². The van der Waals surface area contributed by atoms with Gasteiger partial charge in [0, 0.05) is 22.6 Å². The third kappa shape index (κ3) is 5.28.